The summed E-state index contributed by atoms with van der Waals surface area (Å²) in [5.74, 6) is 4.53. The van der Waals surface area contributed by atoms with Crippen molar-refractivity contribution >= 4 is 26.0 Å². The number of ether oxygens (including phenoxy) is 1. The number of nitrogens with one attached hydrogen (secondary N) is 1. The molecule has 0 saturated carbocycles. The molecule has 0 unspecified atom stereocenters. The average Bonchev–Trinajstić information content (AvgIpc) is 2.82. The topological polar surface area (TPSA) is 133 Å². The molecule has 3 aromatic rings. The van der Waals surface area contributed by atoms with Crippen molar-refractivity contribution in [3.63, 3.8) is 0 Å². The van der Waals surface area contributed by atoms with Crippen LogP contribution in [0.1, 0.15) is 40.9 Å². The minimum absolute atomic E-state index is 0.120. The highest BCUT2D eigenvalue weighted by molar-refractivity contribution is 7.92. The third-order valence-corrected chi connectivity index (χ3v) is 7.32. The Hall–Kier alpha value is -3.86. The van der Waals surface area contributed by atoms with Crippen LogP contribution in [0, 0.1) is 11.8 Å². The lowest BCUT2D eigenvalue weighted by atomic mass is 10.1. The SMILES string of the molecule is CC(C)Oc1cc(C(=O)NS(=O)(=O)c2ccccc2S(N)(=O)=O)ccc1C#Cc1ccc(C(F)(F)F)cc1. The third kappa shape index (κ3) is 7.12. The lowest BCUT2D eigenvalue weighted by Crippen LogP contribution is -2.32. The monoisotopic (exact) mass is 566 g/mol. The molecular weight excluding hydrogens is 545 g/mol. The van der Waals surface area contributed by atoms with Crippen molar-refractivity contribution in [2.75, 3.05) is 0 Å². The molecule has 3 N–H and O–H groups in total. The zero-order chi connectivity index (χ0) is 28.3. The molecule has 3 aromatic carbocycles. The van der Waals surface area contributed by atoms with E-state index < -0.39 is 47.5 Å². The van der Waals surface area contributed by atoms with Crippen LogP contribution < -0.4 is 14.6 Å². The number of carbonyl (C=O) groups excluding carboxylic acids is 1. The fourth-order valence-electron chi connectivity index (χ4n) is 3.14. The zero-order valence-electron chi connectivity index (χ0n) is 19.9. The van der Waals surface area contributed by atoms with E-state index in [1.165, 1.54) is 42.5 Å². The second kappa shape index (κ2) is 10.9. The van der Waals surface area contributed by atoms with Crippen LogP contribution in [0.15, 0.2) is 76.5 Å². The number of primary sulfonamides is 1. The number of sulfonamides is 2. The van der Waals surface area contributed by atoms with Gasteiger partial charge in [-0.2, -0.15) is 13.2 Å². The van der Waals surface area contributed by atoms with E-state index in [0.29, 0.717) is 5.56 Å². The highest BCUT2D eigenvalue weighted by Crippen LogP contribution is 2.29. The number of hydrogen-bond acceptors (Lipinski definition) is 6. The van der Waals surface area contributed by atoms with E-state index >= 15 is 0 Å². The maximum absolute atomic E-state index is 12.8. The number of carbonyl (C=O) groups is 1. The number of nitrogens with two attached hydrogens (primary N) is 1. The van der Waals surface area contributed by atoms with Crippen LogP contribution >= 0.6 is 0 Å². The third-order valence-electron chi connectivity index (χ3n) is 4.83. The molecule has 0 aromatic heterocycles. The summed E-state index contributed by atoms with van der Waals surface area (Å²) in [6.45, 7) is 3.41. The summed E-state index contributed by atoms with van der Waals surface area (Å²) in [7, 11) is -9.04. The molecule has 3 rings (SSSR count). The predicted octanol–water partition coefficient (Wildman–Crippen LogP) is 3.66. The first-order valence-electron chi connectivity index (χ1n) is 10.8. The average molecular weight is 567 g/mol. The van der Waals surface area contributed by atoms with Crippen LogP contribution in [0.2, 0.25) is 0 Å². The van der Waals surface area contributed by atoms with Crippen molar-refractivity contribution in [3.05, 3.63) is 89.0 Å². The Morgan fingerprint density at radius 1 is 0.921 bits per heavy atom. The van der Waals surface area contributed by atoms with Gasteiger partial charge < -0.3 is 4.74 Å². The number of rotatable bonds is 6. The molecule has 0 spiro atoms. The quantitative estimate of drug-likeness (QED) is 0.438. The van der Waals surface area contributed by atoms with Gasteiger partial charge in [0.25, 0.3) is 15.9 Å². The van der Waals surface area contributed by atoms with E-state index in [-0.39, 0.29) is 23.0 Å². The van der Waals surface area contributed by atoms with E-state index in [9.17, 15) is 34.8 Å². The molecule has 8 nitrogen and oxygen atoms in total. The predicted molar refractivity (Wildman–Crippen MR) is 132 cm³/mol. The molecule has 0 atom stereocenters. The normalized spacial score (nSPS) is 12.0. The van der Waals surface area contributed by atoms with Crippen molar-refractivity contribution in [3.8, 4) is 17.6 Å². The summed E-state index contributed by atoms with van der Waals surface area (Å²) in [5.41, 5.74) is -0.367. The molecule has 0 aliphatic heterocycles. The molecule has 0 fully saturated rings. The maximum atomic E-state index is 12.8. The van der Waals surface area contributed by atoms with Gasteiger partial charge in [-0.25, -0.2) is 26.7 Å². The fraction of sp³-hybridized carbons (Fsp3) is 0.160. The number of alkyl halides is 3. The Kier molecular flexibility index (Phi) is 8.21. The molecule has 0 saturated heterocycles. The number of halogens is 3. The van der Waals surface area contributed by atoms with E-state index in [1.807, 2.05) is 0 Å². The van der Waals surface area contributed by atoms with E-state index in [0.717, 1.165) is 24.3 Å². The van der Waals surface area contributed by atoms with Gasteiger partial charge in [-0.05, 0) is 68.4 Å². The molecule has 38 heavy (non-hydrogen) atoms. The lowest BCUT2D eigenvalue weighted by molar-refractivity contribution is -0.137. The first kappa shape index (κ1) is 28.7. The van der Waals surface area contributed by atoms with Crippen LogP contribution in [0.25, 0.3) is 0 Å². The summed E-state index contributed by atoms with van der Waals surface area (Å²) < 4.78 is 94.9. The molecule has 1 amide bonds. The molecule has 0 aliphatic rings. The summed E-state index contributed by atoms with van der Waals surface area (Å²) in [5, 5.41) is 5.09. The fourth-order valence-corrected chi connectivity index (χ4v) is 5.50. The molecule has 0 heterocycles. The van der Waals surface area contributed by atoms with Crippen LogP contribution in [0.4, 0.5) is 13.2 Å². The number of benzene rings is 3. The highest BCUT2D eigenvalue weighted by Gasteiger charge is 2.30. The van der Waals surface area contributed by atoms with Gasteiger partial charge >= 0.3 is 6.18 Å². The summed E-state index contributed by atoms with van der Waals surface area (Å²) in [6, 6.07) is 12.6. The van der Waals surface area contributed by atoms with Gasteiger partial charge in [-0.1, -0.05) is 24.0 Å². The minimum atomic E-state index is -4.64. The Labute approximate surface area is 217 Å². The first-order chi connectivity index (χ1) is 17.6. The van der Waals surface area contributed by atoms with Crippen LogP contribution in [-0.2, 0) is 26.2 Å². The number of amides is 1. The molecule has 0 aliphatic carbocycles. The Balaban J connectivity index is 1.92. The zero-order valence-corrected chi connectivity index (χ0v) is 21.5. The van der Waals surface area contributed by atoms with Gasteiger partial charge in [0.05, 0.1) is 17.2 Å². The largest absolute Gasteiger partial charge is 0.490 e. The first-order valence-corrected chi connectivity index (χ1v) is 13.8. The molecule has 0 radical (unpaired) electrons. The minimum Gasteiger partial charge on any atom is -0.490 e. The van der Waals surface area contributed by atoms with E-state index in [4.69, 9.17) is 9.88 Å². The van der Waals surface area contributed by atoms with Crippen LogP contribution in [0.3, 0.4) is 0 Å². The van der Waals surface area contributed by atoms with Gasteiger partial charge in [0.1, 0.15) is 15.5 Å². The summed E-state index contributed by atoms with van der Waals surface area (Å²) in [6.07, 6.45) is -4.85. The smallest absolute Gasteiger partial charge is 0.416 e. The van der Waals surface area contributed by atoms with Gasteiger partial charge in [0, 0.05) is 11.1 Å². The molecule has 13 heteroatoms. The van der Waals surface area contributed by atoms with Crippen LogP contribution in [0.5, 0.6) is 5.75 Å². The highest BCUT2D eigenvalue weighted by atomic mass is 32.2. The Morgan fingerprint density at radius 2 is 1.53 bits per heavy atom. The van der Waals surface area contributed by atoms with Crippen molar-refractivity contribution < 1.29 is 39.5 Å². The molecule has 0 bridgehead atoms. The van der Waals surface area contributed by atoms with Gasteiger partial charge in [0.2, 0.25) is 10.0 Å². The molecule has 200 valence electrons. The van der Waals surface area contributed by atoms with Crippen molar-refractivity contribution in [1.82, 2.24) is 4.72 Å². The van der Waals surface area contributed by atoms with Gasteiger partial charge in [0.15, 0.2) is 0 Å². The second-order valence-electron chi connectivity index (χ2n) is 8.13. The summed E-state index contributed by atoms with van der Waals surface area (Å²) >= 11 is 0. The number of hydrogen-bond donors (Lipinski definition) is 2. The summed E-state index contributed by atoms with van der Waals surface area (Å²) in [4.78, 5) is 11.4. The second-order valence-corrected chi connectivity index (χ2v) is 11.3. The van der Waals surface area contributed by atoms with E-state index in [1.54, 1.807) is 18.6 Å². The van der Waals surface area contributed by atoms with Gasteiger partial charge in [-0.3, -0.25) is 4.79 Å². The van der Waals surface area contributed by atoms with Crippen molar-refractivity contribution in [2.24, 2.45) is 5.14 Å². The lowest BCUT2D eigenvalue weighted by Gasteiger charge is -2.14. The van der Waals surface area contributed by atoms with Crippen LogP contribution in [-0.4, -0.2) is 28.8 Å². The molecular formula is C25H21F3N2O6S2. The Bertz CT molecular complexity index is 1640. The standard InChI is InChI=1S/C25H21F3N2O6S2/c1-16(2)36-21-15-19(12-11-18(21)10-7-17-8-13-20(14-9-17)25(26,27)28)24(31)30-38(34,35)23-6-4-3-5-22(23)37(29,32)33/h3-6,8-9,11-16H,1-2H3,(H,30,31)(H2,29,32,33). The van der Waals surface area contributed by atoms with E-state index in [2.05, 4.69) is 11.8 Å². The Morgan fingerprint density at radius 3 is 2.08 bits per heavy atom. The van der Waals surface area contributed by atoms with Gasteiger partial charge in [-0.15, -0.1) is 0 Å². The maximum Gasteiger partial charge on any atom is 0.416 e. The van der Waals surface area contributed by atoms with Crippen molar-refractivity contribution in [2.45, 2.75) is 35.9 Å². The van der Waals surface area contributed by atoms with Crippen molar-refractivity contribution in [1.29, 1.82) is 0 Å².